The minimum atomic E-state index is -0.495. The molecule has 1 aliphatic rings. The van der Waals surface area contributed by atoms with Gasteiger partial charge in [0.2, 0.25) is 0 Å². The minimum Gasteiger partial charge on any atom is -0.444 e. The molecular formula is C19H24BrN3O2. The van der Waals surface area contributed by atoms with Crippen LogP contribution in [0.4, 0.5) is 4.79 Å². The molecule has 25 heavy (non-hydrogen) atoms. The fourth-order valence-corrected chi connectivity index (χ4v) is 3.30. The zero-order valence-electron chi connectivity index (χ0n) is 14.9. The van der Waals surface area contributed by atoms with E-state index in [9.17, 15) is 4.79 Å². The molecule has 1 fully saturated rings. The van der Waals surface area contributed by atoms with Gasteiger partial charge in [-0.3, -0.25) is 4.90 Å². The van der Waals surface area contributed by atoms with Gasteiger partial charge in [0.1, 0.15) is 11.4 Å². The van der Waals surface area contributed by atoms with E-state index in [-0.39, 0.29) is 12.1 Å². The van der Waals surface area contributed by atoms with Crippen LogP contribution in [0.15, 0.2) is 34.9 Å². The highest BCUT2D eigenvalue weighted by atomic mass is 79.9. The summed E-state index contributed by atoms with van der Waals surface area (Å²) in [6.45, 7) is 6.38. The van der Waals surface area contributed by atoms with Crippen molar-refractivity contribution in [2.45, 2.75) is 51.7 Å². The van der Waals surface area contributed by atoms with Crippen molar-refractivity contribution in [3.8, 4) is 11.3 Å². The molecule has 0 aliphatic carbocycles. The number of benzene rings is 1. The molecule has 0 spiro atoms. The minimum absolute atomic E-state index is 0.0622. The lowest BCUT2D eigenvalue weighted by Gasteiger charge is -2.35. The summed E-state index contributed by atoms with van der Waals surface area (Å²) in [6.07, 6.45) is 4.54. The Bertz CT molecular complexity index is 734. The lowest BCUT2D eigenvalue weighted by Crippen LogP contribution is -2.42. The van der Waals surface area contributed by atoms with Crippen LogP contribution in [0, 0.1) is 0 Å². The number of rotatable bonds is 2. The van der Waals surface area contributed by atoms with Crippen LogP contribution in [0.3, 0.4) is 0 Å². The smallest absolute Gasteiger partial charge is 0.410 e. The van der Waals surface area contributed by atoms with Crippen LogP contribution in [-0.2, 0) is 4.74 Å². The van der Waals surface area contributed by atoms with Gasteiger partial charge in [-0.05, 0) is 57.7 Å². The van der Waals surface area contributed by atoms with Crippen molar-refractivity contribution >= 4 is 22.0 Å². The molecule has 1 aromatic carbocycles. The molecule has 6 heteroatoms. The van der Waals surface area contributed by atoms with Crippen LogP contribution in [0.2, 0.25) is 0 Å². The third-order valence-electron chi connectivity index (χ3n) is 4.20. The van der Waals surface area contributed by atoms with Crippen molar-refractivity contribution in [2.24, 2.45) is 0 Å². The zero-order valence-corrected chi connectivity index (χ0v) is 16.5. The average Bonchev–Trinajstić information content (AvgIpc) is 3.04. The molecule has 1 saturated heterocycles. The van der Waals surface area contributed by atoms with Crippen molar-refractivity contribution in [3.63, 3.8) is 0 Å². The molecule has 0 saturated carbocycles. The van der Waals surface area contributed by atoms with Crippen LogP contribution < -0.4 is 0 Å². The second kappa shape index (κ2) is 7.20. The molecule has 3 rings (SSSR count). The van der Waals surface area contributed by atoms with E-state index in [0.717, 1.165) is 40.8 Å². The molecule has 0 radical (unpaired) electrons. The molecule has 1 aliphatic heterocycles. The summed E-state index contributed by atoms with van der Waals surface area (Å²) >= 11 is 3.45. The van der Waals surface area contributed by atoms with Crippen molar-refractivity contribution in [1.82, 2.24) is 14.9 Å². The van der Waals surface area contributed by atoms with Gasteiger partial charge in [0.15, 0.2) is 0 Å². The number of piperidine rings is 1. The number of likely N-dealkylation sites (tertiary alicyclic amines) is 1. The Labute approximate surface area is 156 Å². The molecule has 1 aromatic heterocycles. The summed E-state index contributed by atoms with van der Waals surface area (Å²) in [6, 6.07) is 8.02. The monoisotopic (exact) mass is 405 g/mol. The fourth-order valence-electron chi connectivity index (χ4n) is 3.04. The van der Waals surface area contributed by atoms with Crippen molar-refractivity contribution in [1.29, 1.82) is 0 Å². The Hall–Kier alpha value is -1.82. The predicted octanol–water partition coefficient (Wildman–Crippen LogP) is 5.30. The standard InChI is InChI=1S/C19H24BrN3O2/c1-19(2,3)25-18(24)23-11-5-4-6-16(23)17-21-12-15(22-17)13-7-9-14(20)10-8-13/h7-10,12,16H,4-6,11H2,1-3H3,(H,21,22). The number of nitrogens with zero attached hydrogens (tertiary/aromatic N) is 2. The van der Waals surface area contributed by atoms with Crippen LogP contribution >= 0.6 is 15.9 Å². The van der Waals surface area contributed by atoms with Crippen LogP contribution in [0.5, 0.6) is 0 Å². The van der Waals surface area contributed by atoms with Crippen LogP contribution in [-0.4, -0.2) is 33.1 Å². The maximum Gasteiger partial charge on any atom is 0.410 e. The summed E-state index contributed by atoms with van der Waals surface area (Å²) in [4.78, 5) is 22.3. The Morgan fingerprint density at radius 2 is 2.00 bits per heavy atom. The Balaban J connectivity index is 1.81. The molecular weight excluding hydrogens is 382 g/mol. The number of ether oxygens (including phenoxy) is 1. The van der Waals surface area contributed by atoms with Gasteiger partial charge in [0.25, 0.3) is 0 Å². The number of hydrogen-bond donors (Lipinski definition) is 1. The molecule has 2 heterocycles. The molecule has 0 bridgehead atoms. The first kappa shape index (κ1) is 18.0. The maximum atomic E-state index is 12.6. The number of amides is 1. The Morgan fingerprint density at radius 3 is 2.68 bits per heavy atom. The summed E-state index contributed by atoms with van der Waals surface area (Å²) < 4.78 is 6.61. The largest absolute Gasteiger partial charge is 0.444 e. The number of imidazole rings is 1. The lowest BCUT2D eigenvalue weighted by atomic mass is 10.0. The number of halogens is 1. The maximum absolute atomic E-state index is 12.6. The van der Waals surface area contributed by atoms with Gasteiger partial charge in [-0.25, -0.2) is 9.78 Å². The molecule has 1 unspecified atom stereocenters. The van der Waals surface area contributed by atoms with Gasteiger partial charge < -0.3 is 9.72 Å². The van der Waals surface area contributed by atoms with E-state index >= 15 is 0 Å². The van der Waals surface area contributed by atoms with E-state index < -0.39 is 5.60 Å². The van der Waals surface area contributed by atoms with Crippen LogP contribution in [0.25, 0.3) is 11.3 Å². The molecule has 1 N–H and O–H groups in total. The SMILES string of the molecule is CC(C)(C)OC(=O)N1CCCCC1c1ncc(-c2ccc(Br)cc2)[nH]1. The zero-order chi connectivity index (χ0) is 18.0. The number of H-pyrrole nitrogens is 1. The third-order valence-corrected chi connectivity index (χ3v) is 4.73. The van der Waals surface area contributed by atoms with Crippen molar-refractivity contribution in [2.75, 3.05) is 6.54 Å². The van der Waals surface area contributed by atoms with Crippen LogP contribution in [0.1, 0.15) is 51.9 Å². The number of hydrogen-bond acceptors (Lipinski definition) is 3. The van der Waals surface area contributed by atoms with Crippen molar-refractivity contribution in [3.05, 3.63) is 40.8 Å². The summed E-state index contributed by atoms with van der Waals surface area (Å²) in [7, 11) is 0. The fraction of sp³-hybridized carbons (Fsp3) is 0.474. The Kier molecular flexibility index (Phi) is 5.18. The summed E-state index contributed by atoms with van der Waals surface area (Å²) in [5.41, 5.74) is 1.53. The second-order valence-electron chi connectivity index (χ2n) is 7.37. The normalized spacial score (nSPS) is 18.2. The topological polar surface area (TPSA) is 58.2 Å². The van der Waals surface area contributed by atoms with Gasteiger partial charge in [-0.2, -0.15) is 0 Å². The molecule has 1 atom stereocenters. The Morgan fingerprint density at radius 1 is 1.28 bits per heavy atom. The molecule has 134 valence electrons. The first-order valence-electron chi connectivity index (χ1n) is 8.64. The van der Waals surface area contributed by atoms with E-state index in [2.05, 4.69) is 25.9 Å². The highest BCUT2D eigenvalue weighted by Crippen LogP contribution is 2.32. The van der Waals surface area contributed by atoms with Gasteiger partial charge in [0, 0.05) is 11.0 Å². The molecule has 5 nitrogen and oxygen atoms in total. The van der Waals surface area contributed by atoms with Gasteiger partial charge >= 0.3 is 6.09 Å². The first-order chi connectivity index (χ1) is 11.8. The van der Waals surface area contributed by atoms with E-state index in [1.807, 2.05) is 51.2 Å². The lowest BCUT2D eigenvalue weighted by molar-refractivity contribution is 0.00854. The number of aromatic amines is 1. The molecule has 2 aromatic rings. The number of carbonyl (C=O) groups is 1. The molecule has 1 amide bonds. The highest BCUT2D eigenvalue weighted by molar-refractivity contribution is 9.10. The summed E-state index contributed by atoms with van der Waals surface area (Å²) in [5, 5.41) is 0. The number of nitrogens with one attached hydrogen (secondary N) is 1. The van der Waals surface area contributed by atoms with E-state index in [1.54, 1.807) is 4.90 Å². The van der Waals surface area contributed by atoms with Crippen molar-refractivity contribution < 1.29 is 9.53 Å². The van der Waals surface area contributed by atoms with Gasteiger partial charge in [0.05, 0.1) is 17.9 Å². The quantitative estimate of drug-likeness (QED) is 0.736. The number of carbonyl (C=O) groups excluding carboxylic acids is 1. The number of aromatic nitrogens is 2. The average molecular weight is 406 g/mol. The summed E-state index contributed by atoms with van der Waals surface area (Å²) in [5.74, 6) is 0.823. The second-order valence-corrected chi connectivity index (χ2v) is 8.29. The van der Waals surface area contributed by atoms with Gasteiger partial charge in [-0.1, -0.05) is 28.1 Å². The van der Waals surface area contributed by atoms with E-state index in [0.29, 0.717) is 6.54 Å². The van der Waals surface area contributed by atoms with E-state index in [4.69, 9.17) is 4.74 Å². The third kappa shape index (κ3) is 4.42. The predicted molar refractivity (Wildman–Crippen MR) is 101 cm³/mol. The van der Waals surface area contributed by atoms with Gasteiger partial charge in [-0.15, -0.1) is 0 Å². The first-order valence-corrected chi connectivity index (χ1v) is 9.43. The van der Waals surface area contributed by atoms with E-state index in [1.165, 1.54) is 0 Å². The highest BCUT2D eigenvalue weighted by Gasteiger charge is 2.33.